The van der Waals surface area contributed by atoms with Crippen LogP contribution in [0.15, 0.2) is 11.4 Å². The predicted molar refractivity (Wildman–Crippen MR) is 79.3 cm³/mol. The molecule has 1 amide bonds. The molecular weight excluding hydrogens is 288 g/mol. The smallest absolute Gasteiger partial charge is 0.261 e. The largest absolute Gasteiger partial charge is 0.375 e. The average molecular weight is 306 g/mol. The highest BCUT2D eigenvalue weighted by atomic mass is 32.1. The van der Waals surface area contributed by atoms with Gasteiger partial charge < -0.3 is 10.1 Å². The molecule has 112 valence electrons. The molecule has 0 bridgehead atoms. The van der Waals surface area contributed by atoms with Crippen LogP contribution in [0.2, 0.25) is 0 Å². The number of nitrogens with one attached hydrogen (secondary N) is 1. The van der Waals surface area contributed by atoms with Gasteiger partial charge in [-0.15, -0.1) is 16.4 Å². The van der Waals surface area contributed by atoms with E-state index in [4.69, 9.17) is 4.74 Å². The molecule has 0 saturated carbocycles. The number of aryl methyl sites for hydroxylation is 2. The highest BCUT2D eigenvalue weighted by molar-refractivity contribution is 7.12. The van der Waals surface area contributed by atoms with Gasteiger partial charge in [0, 0.05) is 19.0 Å². The number of rotatable bonds is 3. The number of carbonyl (C=O) groups is 1. The summed E-state index contributed by atoms with van der Waals surface area (Å²) in [5.41, 5.74) is 2.95. The van der Waals surface area contributed by atoms with Crippen molar-refractivity contribution in [1.82, 2.24) is 20.3 Å². The van der Waals surface area contributed by atoms with E-state index in [9.17, 15) is 4.79 Å². The Morgan fingerprint density at radius 2 is 2.43 bits per heavy atom. The number of nitrogens with zero attached hydrogens (tertiary/aromatic N) is 3. The van der Waals surface area contributed by atoms with Gasteiger partial charge in [-0.25, -0.2) is 4.68 Å². The second-order valence-corrected chi connectivity index (χ2v) is 6.24. The van der Waals surface area contributed by atoms with Gasteiger partial charge in [0.2, 0.25) is 0 Å². The molecule has 6 nitrogen and oxygen atoms in total. The number of ether oxygens (including phenoxy) is 1. The molecule has 0 radical (unpaired) electrons. The van der Waals surface area contributed by atoms with E-state index in [-0.39, 0.29) is 11.8 Å². The lowest BCUT2D eigenvalue weighted by Gasteiger charge is -2.14. The molecule has 21 heavy (non-hydrogen) atoms. The SMILES string of the molecule is Cc1ccsc1C(=O)NCC1COCc2c(C)nnn2C1. The van der Waals surface area contributed by atoms with Crippen LogP contribution in [0.3, 0.4) is 0 Å². The van der Waals surface area contributed by atoms with Crippen molar-refractivity contribution >= 4 is 17.2 Å². The number of aromatic nitrogens is 3. The van der Waals surface area contributed by atoms with Crippen LogP contribution >= 0.6 is 11.3 Å². The van der Waals surface area contributed by atoms with E-state index in [2.05, 4.69) is 15.6 Å². The Balaban J connectivity index is 1.61. The van der Waals surface area contributed by atoms with Crippen LogP contribution in [-0.2, 0) is 17.9 Å². The fraction of sp³-hybridized carbons (Fsp3) is 0.500. The third-order valence-electron chi connectivity index (χ3n) is 3.67. The van der Waals surface area contributed by atoms with Gasteiger partial charge in [-0.2, -0.15) is 0 Å². The minimum atomic E-state index is -0.0123. The standard InChI is InChI=1S/C14H18N4O2S/c1-9-3-4-21-13(9)14(19)15-5-11-6-18-12(8-20-7-11)10(2)16-17-18/h3-4,11H,5-8H2,1-2H3,(H,15,19). The zero-order valence-corrected chi connectivity index (χ0v) is 12.9. The van der Waals surface area contributed by atoms with Crippen LogP contribution in [0.5, 0.6) is 0 Å². The minimum absolute atomic E-state index is 0.0123. The molecule has 1 unspecified atom stereocenters. The van der Waals surface area contributed by atoms with Crippen molar-refractivity contribution in [1.29, 1.82) is 0 Å². The summed E-state index contributed by atoms with van der Waals surface area (Å²) in [5, 5.41) is 13.1. The van der Waals surface area contributed by atoms with Crippen molar-refractivity contribution in [3.8, 4) is 0 Å². The van der Waals surface area contributed by atoms with Crippen molar-refractivity contribution in [2.45, 2.75) is 27.0 Å². The summed E-state index contributed by atoms with van der Waals surface area (Å²) in [7, 11) is 0. The molecule has 2 aromatic rings. The van der Waals surface area contributed by atoms with Crippen molar-refractivity contribution in [3.63, 3.8) is 0 Å². The molecule has 1 N–H and O–H groups in total. The van der Waals surface area contributed by atoms with Gasteiger partial charge in [-0.05, 0) is 30.9 Å². The number of amides is 1. The van der Waals surface area contributed by atoms with E-state index in [1.165, 1.54) is 11.3 Å². The van der Waals surface area contributed by atoms with Gasteiger partial charge in [0.05, 0.1) is 29.5 Å². The van der Waals surface area contributed by atoms with Crippen molar-refractivity contribution in [3.05, 3.63) is 33.3 Å². The molecular formula is C14H18N4O2S. The highest BCUT2D eigenvalue weighted by Crippen LogP contribution is 2.17. The first kappa shape index (κ1) is 14.2. The first-order chi connectivity index (χ1) is 10.1. The summed E-state index contributed by atoms with van der Waals surface area (Å²) in [5.74, 6) is 0.193. The zero-order valence-electron chi connectivity index (χ0n) is 12.1. The molecule has 3 heterocycles. The van der Waals surface area contributed by atoms with Gasteiger partial charge in [0.15, 0.2) is 0 Å². The monoisotopic (exact) mass is 306 g/mol. The topological polar surface area (TPSA) is 69.0 Å². The molecule has 7 heteroatoms. The molecule has 0 saturated heterocycles. The molecule has 0 fully saturated rings. The van der Waals surface area contributed by atoms with Gasteiger partial charge in [0.25, 0.3) is 5.91 Å². The second-order valence-electron chi connectivity index (χ2n) is 5.33. The average Bonchev–Trinajstić information content (AvgIpc) is 2.96. The normalized spacial score (nSPS) is 18.1. The number of thiophene rings is 1. The Morgan fingerprint density at radius 3 is 3.19 bits per heavy atom. The molecule has 1 aliphatic rings. The molecule has 0 aliphatic carbocycles. The first-order valence-corrected chi connectivity index (χ1v) is 7.82. The van der Waals surface area contributed by atoms with Gasteiger partial charge in [-0.3, -0.25) is 4.79 Å². The fourth-order valence-electron chi connectivity index (χ4n) is 2.41. The Bertz CT molecular complexity index is 649. The maximum Gasteiger partial charge on any atom is 0.261 e. The van der Waals surface area contributed by atoms with E-state index in [1.54, 1.807) is 0 Å². The van der Waals surface area contributed by atoms with E-state index < -0.39 is 0 Å². The number of fused-ring (bicyclic) bond motifs is 1. The lowest BCUT2D eigenvalue weighted by atomic mass is 10.1. The highest BCUT2D eigenvalue weighted by Gasteiger charge is 2.21. The quantitative estimate of drug-likeness (QED) is 0.934. The third-order valence-corrected chi connectivity index (χ3v) is 4.69. The summed E-state index contributed by atoms with van der Waals surface area (Å²) in [6.07, 6.45) is 0. The summed E-state index contributed by atoms with van der Waals surface area (Å²) >= 11 is 1.47. The van der Waals surface area contributed by atoms with E-state index in [0.717, 1.165) is 28.4 Å². The van der Waals surface area contributed by atoms with Crippen molar-refractivity contribution < 1.29 is 9.53 Å². The predicted octanol–water partition coefficient (Wildman–Crippen LogP) is 1.53. The van der Waals surface area contributed by atoms with Crippen LogP contribution in [0.25, 0.3) is 0 Å². The minimum Gasteiger partial charge on any atom is -0.375 e. The lowest BCUT2D eigenvalue weighted by molar-refractivity contribution is 0.0852. The number of hydrogen-bond acceptors (Lipinski definition) is 5. The number of carbonyl (C=O) groups excluding carboxylic acids is 1. The third kappa shape index (κ3) is 2.98. The Morgan fingerprint density at radius 1 is 1.57 bits per heavy atom. The zero-order chi connectivity index (χ0) is 14.8. The molecule has 1 aliphatic heterocycles. The second kappa shape index (κ2) is 5.95. The van der Waals surface area contributed by atoms with E-state index >= 15 is 0 Å². The van der Waals surface area contributed by atoms with Gasteiger partial charge >= 0.3 is 0 Å². The Labute approximate surface area is 127 Å². The van der Waals surface area contributed by atoms with Crippen LogP contribution in [0.1, 0.15) is 26.6 Å². The van der Waals surface area contributed by atoms with Gasteiger partial charge in [0.1, 0.15) is 0 Å². The van der Waals surface area contributed by atoms with Crippen molar-refractivity contribution in [2.24, 2.45) is 5.92 Å². The Hall–Kier alpha value is -1.73. The molecule has 0 spiro atoms. The Kier molecular flexibility index (Phi) is 4.03. The summed E-state index contributed by atoms with van der Waals surface area (Å²) < 4.78 is 7.55. The first-order valence-electron chi connectivity index (χ1n) is 6.94. The fourth-order valence-corrected chi connectivity index (χ4v) is 3.25. The van der Waals surface area contributed by atoms with Crippen molar-refractivity contribution in [2.75, 3.05) is 13.2 Å². The number of hydrogen-bond donors (Lipinski definition) is 1. The molecule has 0 aromatic carbocycles. The van der Waals surface area contributed by atoms with Gasteiger partial charge in [-0.1, -0.05) is 5.21 Å². The summed E-state index contributed by atoms with van der Waals surface area (Å²) in [4.78, 5) is 12.9. The molecule has 1 atom stereocenters. The van der Waals surface area contributed by atoms with Crippen LogP contribution < -0.4 is 5.32 Å². The molecule has 2 aromatic heterocycles. The maximum atomic E-state index is 12.1. The van der Waals surface area contributed by atoms with Crippen LogP contribution in [-0.4, -0.2) is 34.1 Å². The van der Waals surface area contributed by atoms with Crippen LogP contribution in [0, 0.1) is 19.8 Å². The lowest BCUT2D eigenvalue weighted by Crippen LogP contribution is -2.32. The molecule has 3 rings (SSSR count). The maximum absolute atomic E-state index is 12.1. The van der Waals surface area contributed by atoms with E-state index in [1.807, 2.05) is 30.0 Å². The summed E-state index contributed by atoms with van der Waals surface area (Å²) in [6.45, 7) is 6.34. The van der Waals surface area contributed by atoms with Crippen LogP contribution in [0.4, 0.5) is 0 Å². The van der Waals surface area contributed by atoms with E-state index in [0.29, 0.717) is 19.8 Å². The summed E-state index contributed by atoms with van der Waals surface area (Å²) in [6, 6.07) is 1.96.